The molecule has 0 N–H and O–H groups in total. The Kier molecular flexibility index (Phi) is 4.23. The Morgan fingerprint density at radius 3 is 2.44 bits per heavy atom. The van der Waals surface area contributed by atoms with Crippen molar-refractivity contribution in [2.45, 2.75) is 20.8 Å². The number of aryl methyl sites for hydroxylation is 1. The molecule has 0 aliphatic carbocycles. The molecule has 1 rings (SSSR count). The normalized spacial score (nSPS) is 9.94. The molecule has 3 nitrogen and oxygen atoms in total. The Hall–Kier alpha value is -1.64. The average molecular weight is 219 g/mol. The fourth-order valence-corrected chi connectivity index (χ4v) is 1.75. The SMILES string of the molecule is CCN(CC)C(=O)c1c(C)cccc1C=O. The zero-order chi connectivity index (χ0) is 12.1. The summed E-state index contributed by atoms with van der Waals surface area (Å²) in [5.41, 5.74) is 1.85. The molecule has 0 bridgehead atoms. The van der Waals surface area contributed by atoms with E-state index in [0.717, 1.165) is 11.8 Å². The zero-order valence-electron chi connectivity index (χ0n) is 9.99. The summed E-state index contributed by atoms with van der Waals surface area (Å²) in [4.78, 5) is 24.8. The van der Waals surface area contributed by atoms with Gasteiger partial charge in [0.2, 0.25) is 0 Å². The summed E-state index contributed by atoms with van der Waals surface area (Å²) in [5.74, 6) is -0.0646. The molecule has 0 unspecified atom stereocenters. The largest absolute Gasteiger partial charge is 0.339 e. The van der Waals surface area contributed by atoms with Gasteiger partial charge in [-0.05, 0) is 26.3 Å². The molecule has 0 spiro atoms. The topological polar surface area (TPSA) is 37.4 Å². The summed E-state index contributed by atoms with van der Waals surface area (Å²) in [5, 5.41) is 0. The average Bonchev–Trinajstić information content (AvgIpc) is 2.29. The predicted molar refractivity (Wildman–Crippen MR) is 63.8 cm³/mol. The van der Waals surface area contributed by atoms with E-state index >= 15 is 0 Å². The standard InChI is InChI=1S/C13H17NO2/c1-4-14(5-2)13(16)12-10(3)7-6-8-11(12)9-15/h6-9H,4-5H2,1-3H3. The monoisotopic (exact) mass is 219 g/mol. The van der Waals surface area contributed by atoms with Gasteiger partial charge in [0.1, 0.15) is 0 Å². The minimum atomic E-state index is -0.0646. The summed E-state index contributed by atoms with van der Waals surface area (Å²) in [6, 6.07) is 5.32. The highest BCUT2D eigenvalue weighted by Crippen LogP contribution is 2.15. The van der Waals surface area contributed by atoms with Crippen LogP contribution in [0, 0.1) is 6.92 Å². The van der Waals surface area contributed by atoms with Crippen LogP contribution in [0.1, 0.15) is 40.1 Å². The van der Waals surface area contributed by atoms with E-state index in [1.165, 1.54) is 0 Å². The van der Waals surface area contributed by atoms with Crippen molar-refractivity contribution in [3.05, 3.63) is 34.9 Å². The highest BCUT2D eigenvalue weighted by molar-refractivity contribution is 6.02. The molecule has 0 fully saturated rings. The van der Waals surface area contributed by atoms with Crippen molar-refractivity contribution in [1.29, 1.82) is 0 Å². The third kappa shape index (κ3) is 2.30. The molecule has 1 aromatic rings. The van der Waals surface area contributed by atoms with E-state index in [-0.39, 0.29) is 5.91 Å². The summed E-state index contributed by atoms with van der Waals surface area (Å²) >= 11 is 0. The lowest BCUT2D eigenvalue weighted by Gasteiger charge is -2.20. The molecule has 0 heterocycles. The number of hydrogen-bond acceptors (Lipinski definition) is 2. The maximum Gasteiger partial charge on any atom is 0.254 e. The van der Waals surface area contributed by atoms with E-state index in [1.807, 2.05) is 26.8 Å². The molecule has 16 heavy (non-hydrogen) atoms. The molecule has 0 aliphatic heterocycles. The van der Waals surface area contributed by atoms with Gasteiger partial charge in [0, 0.05) is 18.7 Å². The number of carbonyl (C=O) groups excluding carboxylic acids is 2. The first-order valence-corrected chi connectivity index (χ1v) is 5.49. The second-order valence-electron chi connectivity index (χ2n) is 3.63. The maximum absolute atomic E-state index is 12.2. The smallest absolute Gasteiger partial charge is 0.254 e. The Labute approximate surface area is 96.1 Å². The van der Waals surface area contributed by atoms with Gasteiger partial charge < -0.3 is 4.90 Å². The van der Waals surface area contributed by atoms with Gasteiger partial charge in [-0.25, -0.2) is 0 Å². The quantitative estimate of drug-likeness (QED) is 0.728. The van der Waals surface area contributed by atoms with Crippen LogP contribution < -0.4 is 0 Å². The molecule has 86 valence electrons. The van der Waals surface area contributed by atoms with Crippen molar-refractivity contribution in [2.75, 3.05) is 13.1 Å². The number of nitrogens with zero attached hydrogens (tertiary/aromatic N) is 1. The maximum atomic E-state index is 12.2. The molecule has 1 aromatic carbocycles. The summed E-state index contributed by atoms with van der Waals surface area (Å²) in [7, 11) is 0. The van der Waals surface area contributed by atoms with Gasteiger partial charge in [-0.3, -0.25) is 9.59 Å². The van der Waals surface area contributed by atoms with Gasteiger partial charge in [0.25, 0.3) is 5.91 Å². The zero-order valence-corrected chi connectivity index (χ0v) is 9.99. The van der Waals surface area contributed by atoms with Gasteiger partial charge in [-0.15, -0.1) is 0 Å². The third-order valence-corrected chi connectivity index (χ3v) is 2.70. The van der Waals surface area contributed by atoms with Gasteiger partial charge in [0.05, 0.1) is 5.56 Å². The fourth-order valence-electron chi connectivity index (χ4n) is 1.75. The third-order valence-electron chi connectivity index (χ3n) is 2.70. The second-order valence-corrected chi connectivity index (χ2v) is 3.63. The van der Waals surface area contributed by atoms with Crippen molar-refractivity contribution in [3.63, 3.8) is 0 Å². The molecule has 0 saturated carbocycles. The van der Waals surface area contributed by atoms with Crippen LogP contribution in [0.25, 0.3) is 0 Å². The summed E-state index contributed by atoms with van der Waals surface area (Å²) in [6.45, 7) is 7.02. The molecular formula is C13H17NO2. The Balaban J connectivity index is 3.21. The molecule has 3 heteroatoms. The Morgan fingerprint density at radius 2 is 1.94 bits per heavy atom. The van der Waals surface area contributed by atoms with E-state index < -0.39 is 0 Å². The second kappa shape index (κ2) is 5.45. The molecule has 0 radical (unpaired) electrons. The minimum absolute atomic E-state index is 0.0646. The molecule has 0 saturated heterocycles. The van der Waals surface area contributed by atoms with Crippen LogP contribution in [-0.4, -0.2) is 30.2 Å². The van der Waals surface area contributed by atoms with Crippen molar-refractivity contribution >= 4 is 12.2 Å². The number of aldehydes is 1. The lowest BCUT2D eigenvalue weighted by Crippen LogP contribution is -2.31. The summed E-state index contributed by atoms with van der Waals surface area (Å²) < 4.78 is 0. The van der Waals surface area contributed by atoms with Crippen molar-refractivity contribution in [1.82, 2.24) is 4.90 Å². The molecule has 0 atom stereocenters. The van der Waals surface area contributed by atoms with Crippen LogP contribution in [0.15, 0.2) is 18.2 Å². The molecule has 1 amide bonds. The van der Waals surface area contributed by atoms with Gasteiger partial charge >= 0.3 is 0 Å². The molecule has 0 aromatic heterocycles. The molecule has 0 aliphatic rings. The Morgan fingerprint density at radius 1 is 1.31 bits per heavy atom. The Bertz CT molecular complexity index is 395. The lowest BCUT2D eigenvalue weighted by molar-refractivity contribution is 0.0769. The van der Waals surface area contributed by atoms with Crippen LogP contribution in [-0.2, 0) is 0 Å². The first-order chi connectivity index (χ1) is 7.65. The van der Waals surface area contributed by atoms with E-state index in [4.69, 9.17) is 0 Å². The molecular weight excluding hydrogens is 202 g/mol. The van der Waals surface area contributed by atoms with Crippen LogP contribution in [0.5, 0.6) is 0 Å². The minimum Gasteiger partial charge on any atom is -0.339 e. The van der Waals surface area contributed by atoms with Gasteiger partial charge in [-0.2, -0.15) is 0 Å². The van der Waals surface area contributed by atoms with Crippen LogP contribution in [0.2, 0.25) is 0 Å². The predicted octanol–water partition coefficient (Wildman–Crippen LogP) is 2.29. The van der Waals surface area contributed by atoms with Gasteiger partial charge in [0.15, 0.2) is 6.29 Å². The number of rotatable bonds is 4. The fraction of sp³-hybridized carbons (Fsp3) is 0.385. The number of amides is 1. The number of benzene rings is 1. The highest BCUT2D eigenvalue weighted by Gasteiger charge is 2.17. The van der Waals surface area contributed by atoms with E-state index in [9.17, 15) is 9.59 Å². The number of carbonyl (C=O) groups is 2. The first kappa shape index (κ1) is 12.4. The van der Waals surface area contributed by atoms with Crippen LogP contribution >= 0.6 is 0 Å². The van der Waals surface area contributed by atoms with Crippen LogP contribution in [0.4, 0.5) is 0 Å². The number of hydrogen-bond donors (Lipinski definition) is 0. The first-order valence-electron chi connectivity index (χ1n) is 5.49. The van der Waals surface area contributed by atoms with E-state index in [2.05, 4.69) is 0 Å². The van der Waals surface area contributed by atoms with E-state index in [1.54, 1.807) is 17.0 Å². The van der Waals surface area contributed by atoms with E-state index in [0.29, 0.717) is 24.2 Å². The van der Waals surface area contributed by atoms with Crippen molar-refractivity contribution in [3.8, 4) is 0 Å². The van der Waals surface area contributed by atoms with Crippen molar-refractivity contribution < 1.29 is 9.59 Å². The van der Waals surface area contributed by atoms with Gasteiger partial charge in [-0.1, -0.05) is 18.2 Å². The lowest BCUT2D eigenvalue weighted by atomic mass is 10.0. The van der Waals surface area contributed by atoms with Crippen molar-refractivity contribution in [2.24, 2.45) is 0 Å². The van der Waals surface area contributed by atoms with Crippen LogP contribution in [0.3, 0.4) is 0 Å². The summed E-state index contributed by atoms with van der Waals surface area (Å²) in [6.07, 6.45) is 0.740. The highest BCUT2D eigenvalue weighted by atomic mass is 16.2.